The third-order valence-electron chi connectivity index (χ3n) is 7.13. The van der Waals surface area contributed by atoms with Gasteiger partial charge < -0.3 is 23.8 Å². The van der Waals surface area contributed by atoms with E-state index in [9.17, 15) is 9.59 Å². The molecule has 0 atom stereocenters. The van der Waals surface area contributed by atoms with Gasteiger partial charge in [0.05, 0.1) is 26.8 Å². The highest BCUT2D eigenvalue weighted by Gasteiger charge is 2.22. The molecule has 0 fully saturated rings. The molecule has 1 heterocycles. The van der Waals surface area contributed by atoms with Gasteiger partial charge in [0.2, 0.25) is 11.8 Å². The zero-order valence-corrected chi connectivity index (χ0v) is 24.7. The molecule has 42 heavy (non-hydrogen) atoms. The van der Waals surface area contributed by atoms with Crippen molar-refractivity contribution in [2.24, 2.45) is 0 Å². The lowest BCUT2D eigenvalue weighted by Crippen LogP contribution is -2.44. The molecule has 0 saturated carbocycles. The van der Waals surface area contributed by atoms with Gasteiger partial charge in [-0.3, -0.25) is 9.59 Å². The standard InChI is InChI=1S/C35H41N3O4/c1-3-4-20-37(35(40)28-42-27-30-15-9-6-10-16-30)26-34(39)38(23-29-13-7-5-8-14-29)25-32-18-12-21-36(32)24-31-17-11-19-33(22-31)41-2/h5-19,21-22H,3-4,20,23-28H2,1-2H3. The quantitative estimate of drug-likeness (QED) is 0.169. The monoisotopic (exact) mass is 567 g/mol. The fourth-order valence-electron chi connectivity index (χ4n) is 4.77. The highest BCUT2D eigenvalue weighted by molar-refractivity contribution is 5.85. The zero-order chi connectivity index (χ0) is 29.6. The minimum atomic E-state index is -0.172. The summed E-state index contributed by atoms with van der Waals surface area (Å²) >= 11 is 0. The summed E-state index contributed by atoms with van der Waals surface area (Å²) in [4.78, 5) is 30.5. The molecule has 0 saturated heterocycles. The lowest BCUT2D eigenvalue weighted by atomic mass is 10.2. The van der Waals surface area contributed by atoms with Gasteiger partial charge in [0, 0.05) is 31.5 Å². The third kappa shape index (κ3) is 9.35. The van der Waals surface area contributed by atoms with Crippen LogP contribution >= 0.6 is 0 Å². The number of carbonyl (C=O) groups excluding carboxylic acids is 2. The molecule has 7 heteroatoms. The van der Waals surface area contributed by atoms with E-state index in [1.54, 1.807) is 12.0 Å². The van der Waals surface area contributed by atoms with E-state index in [-0.39, 0.29) is 25.0 Å². The van der Waals surface area contributed by atoms with Crippen molar-refractivity contribution in [2.45, 2.75) is 46.0 Å². The molecule has 4 aromatic rings. The summed E-state index contributed by atoms with van der Waals surface area (Å²) in [5, 5.41) is 0. The molecule has 0 unspecified atom stereocenters. The molecular formula is C35H41N3O4. The molecule has 7 nitrogen and oxygen atoms in total. The molecule has 4 rings (SSSR count). The number of carbonyl (C=O) groups is 2. The van der Waals surface area contributed by atoms with Crippen LogP contribution in [0.1, 0.15) is 42.1 Å². The first-order valence-corrected chi connectivity index (χ1v) is 14.5. The maximum absolute atomic E-state index is 13.9. The Kier molecular flexibility index (Phi) is 11.8. The van der Waals surface area contributed by atoms with Crippen LogP contribution in [0.5, 0.6) is 5.75 Å². The molecule has 0 aliphatic carbocycles. The number of aromatic nitrogens is 1. The van der Waals surface area contributed by atoms with E-state index in [0.29, 0.717) is 32.8 Å². The van der Waals surface area contributed by atoms with E-state index in [2.05, 4.69) is 17.6 Å². The van der Waals surface area contributed by atoms with Crippen LogP contribution in [0.25, 0.3) is 0 Å². The van der Waals surface area contributed by atoms with Gasteiger partial charge in [-0.2, -0.15) is 0 Å². The topological polar surface area (TPSA) is 64.0 Å². The average molecular weight is 568 g/mol. The first-order chi connectivity index (χ1) is 20.6. The van der Waals surface area contributed by atoms with Gasteiger partial charge >= 0.3 is 0 Å². The van der Waals surface area contributed by atoms with Crippen LogP contribution in [0, 0.1) is 0 Å². The Morgan fingerprint density at radius 3 is 2.19 bits per heavy atom. The average Bonchev–Trinajstić information content (AvgIpc) is 3.45. The van der Waals surface area contributed by atoms with E-state index in [4.69, 9.17) is 9.47 Å². The largest absolute Gasteiger partial charge is 0.497 e. The fraction of sp³-hybridized carbons (Fsp3) is 0.314. The van der Waals surface area contributed by atoms with Crippen LogP contribution in [-0.4, -0.2) is 53.0 Å². The minimum absolute atomic E-state index is 0.0109. The maximum atomic E-state index is 13.9. The number of methoxy groups -OCH3 is 1. The lowest BCUT2D eigenvalue weighted by Gasteiger charge is -2.28. The molecule has 0 aliphatic rings. The second-order valence-corrected chi connectivity index (χ2v) is 10.4. The summed E-state index contributed by atoms with van der Waals surface area (Å²) in [6, 6.07) is 31.8. The van der Waals surface area contributed by atoms with Crippen LogP contribution < -0.4 is 4.74 Å². The van der Waals surface area contributed by atoms with Crippen molar-refractivity contribution in [2.75, 3.05) is 26.8 Å². The van der Waals surface area contributed by atoms with Gasteiger partial charge in [-0.15, -0.1) is 0 Å². The summed E-state index contributed by atoms with van der Waals surface area (Å²) in [5.41, 5.74) is 4.17. The number of nitrogens with zero attached hydrogens (tertiary/aromatic N) is 3. The Morgan fingerprint density at radius 1 is 0.762 bits per heavy atom. The number of unbranched alkanes of at least 4 members (excludes halogenated alkanes) is 1. The molecule has 0 aliphatic heterocycles. The Bertz CT molecular complexity index is 1390. The number of amides is 2. The van der Waals surface area contributed by atoms with Gasteiger partial charge in [-0.25, -0.2) is 0 Å². The number of hydrogen-bond acceptors (Lipinski definition) is 4. The lowest BCUT2D eigenvalue weighted by molar-refractivity contribution is -0.144. The fourth-order valence-corrected chi connectivity index (χ4v) is 4.77. The molecule has 0 N–H and O–H groups in total. The Labute approximate surface area is 249 Å². The molecule has 3 aromatic carbocycles. The second kappa shape index (κ2) is 16.2. The van der Waals surface area contributed by atoms with Gasteiger partial charge in [0.25, 0.3) is 0 Å². The zero-order valence-electron chi connectivity index (χ0n) is 24.7. The summed E-state index contributed by atoms with van der Waals surface area (Å²) in [7, 11) is 1.66. The number of ether oxygens (including phenoxy) is 2. The highest BCUT2D eigenvalue weighted by Crippen LogP contribution is 2.17. The van der Waals surface area contributed by atoms with E-state index in [1.807, 2.05) is 102 Å². The predicted octanol–water partition coefficient (Wildman–Crippen LogP) is 5.92. The number of rotatable bonds is 16. The van der Waals surface area contributed by atoms with Gasteiger partial charge in [0.1, 0.15) is 12.4 Å². The molecule has 0 radical (unpaired) electrons. The number of hydrogen-bond donors (Lipinski definition) is 0. The normalized spacial score (nSPS) is 10.8. The molecule has 0 spiro atoms. The van der Waals surface area contributed by atoms with Crippen molar-refractivity contribution in [1.29, 1.82) is 0 Å². The molecule has 220 valence electrons. The molecule has 0 bridgehead atoms. The third-order valence-corrected chi connectivity index (χ3v) is 7.13. The molecule has 2 amide bonds. The summed E-state index contributed by atoms with van der Waals surface area (Å²) in [6.07, 6.45) is 3.77. The Morgan fingerprint density at radius 2 is 1.48 bits per heavy atom. The van der Waals surface area contributed by atoms with Crippen LogP contribution in [0.3, 0.4) is 0 Å². The molecule has 1 aromatic heterocycles. The summed E-state index contributed by atoms with van der Waals surface area (Å²) in [6.45, 7) is 4.43. The van der Waals surface area contributed by atoms with E-state index in [1.165, 1.54) is 0 Å². The van der Waals surface area contributed by atoms with E-state index >= 15 is 0 Å². The second-order valence-electron chi connectivity index (χ2n) is 10.4. The maximum Gasteiger partial charge on any atom is 0.249 e. The van der Waals surface area contributed by atoms with E-state index in [0.717, 1.165) is 41.0 Å². The Balaban J connectivity index is 1.47. The van der Waals surface area contributed by atoms with Crippen molar-refractivity contribution in [3.8, 4) is 5.75 Å². The van der Waals surface area contributed by atoms with Gasteiger partial charge in [-0.1, -0.05) is 86.1 Å². The van der Waals surface area contributed by atoms with Crippen LogP contribution in [0.15, 0.2) is 103 Å². The first-order valence-electron chi connectivity index (χ1n) is 14.5. The smallest absolute Gasteiger partial charge is 0.249 e. The van der Waals surface area contributed by atoms with Gasteiger partial charge in [-0.05, 0) is 47.4 Å². The van der Waals surface area contributed by atoms with Crippen LogP contribution in [-0.2, 0) is 40.6 Å². The van der Waals surface area contributed by atoms with Crippen molar-refractivity contribution in [3.05, 3.63) is 126 Å². The van der Waals surface area contributed by atoms with Crippen LogP contribution in [0.2, 0.25) is 0 Å². The summed E-state index contributed by atoms with van der Waals surface area (Å²) in [5.74, 6) is 0.543. The van der Waals surface area contributed by atoms with Crippen molar-refractivity contribution >= 4 is 11.8 Å². The minimum Gasteiger partial charge on any atom is -0.497 e. The van der Waals surface area contributed by atoms with Crippen molar-refractivity contribution in [3.63, 3.8) is 0 Å². The SMILES string of the molecule is CCCCN(CC(=O)N(Cc1ccccc1)Cc1cccn1Cc1cccc(OC)c1)C(=O)COCc1ccccc1. The first kappa shape index (κ1) is 30.6. The van der Waals surface area contributed by atoms with E-state index < -0.39 is 0 Å². The van der Waals surface area contributed by atoms with Crippen molar-refractivity contribution in [1.82, 2.24) is 14.4 Å². The van der Waals surface area contributed by atoms with Gasteiger partial charge in [0.15, 0.2) is 0 Å². The van der Waals surface area contributed by atoms with Crippen molar-refractivity contribution < 1.29 is 19.1 Å². The highest BCUT2D eigenvalue weighted by atomic mass is 16.5. The Hall–Kier alpha value is -4.36. The predicted molar refractivity (Wildman–Crippen MR) is 165 cm³/mol. The summed E-state index contributed by atoms with van der Waals surface area (Å²) < 4.78 is 13.3. The number of benzene rings is 3. The molecular weight excluding hydrogens is 526 g/mol. The van der Waals surface area contributed by atoms with Crippen LogP contribution in [0.4, 0.5) is 0 Å².